The lowest BCUT2D eigenvalue weighted by Gasteiger charge is -2.28. The van der Waals surface area contributed by atoms with E-state index < -0.39 is 10.0 Å². The van der Waals surface area contributed by atoms with Crippen molar-refractivity contribution in [1.82, 2.24) is 0 Å². The number of rotatable bonds is 4. The van der Waals surface area contributed by atoms with Gasteiger partial charge in [0.05, 0.1) is 5.75 Å². The average molecular weight is 296 g/mol. The van der Waals surface area contributed by atoms with Crippen LogP contribution in [0.4, 0.5) is 11.4 Å². The van der Waals surface area contributed by atoms with Gasteiger partial charge < -0.3 is 4.90 Å². The first kappa shape index (κ1) is 14.8. The lowest BCUT2D eigenvalue weighted by atomic mass is 10.1. The Kier molecular flexibility index (Phi) is 4.32. The van der Waals surface area contributed by atoms with Gasteiger partial charge in [-0.05, 0) is 50.5 Å². The Morgan fingerprint density at radius 1 is 1.30 bits per heavy atom. The van der Waals surface area contributed by atoms with Gasteiger partial charge >= 0.3 is 0 Å². The molecule has 0 saturated carbocycles. The van der Waals surface area contributed by atoms with Gasteiger partial charge in [-0.3, -0.25) is 9.52 Å². The second-order valence-corrected chi connectivity index (χ2v) is 7.02. The van der Waals surface area contributed by atoms with Crippen LogP contribution in [-0.2, 0) is 14.8 Å². The number of benzene rings is 1. The van der Waals surface area contributed by atoms with Gasteiger partial charge in [-0.15, -0.1) is 0 Å². The third-order valence-electron chi connectivity index (χ3n) is 3.46. The Morgan fingerprint density at radius 3 is 2.65 bits per heavy atom. The van der Waals surface area contributed by atoms with Crippen LogP contribution in [0.5, 0.6) is 0 Å². The number of hydrogen-bond donors (Lipinski definition) is 1. The number of aryl methyl sites for hydroxylation is 1. The Labute approximate surface area is 120 Å². The normalized spacial score (nSPS) is 16.3. The van der Waals surface area contributed by atoms with Gasteiger partial charge in [-0.1, -0.05) is 0 Å². The van der Waals surface area contributed by atoms with Crippen molar-refractivity contribution in [3.8, 4) is 0 Å². The molecule has 0 unspecified atom stereocenters. The quantitative estimate of drug-likeness (QED) is 0.927. The predicted molar refractivity (Wildman–Crippen MR) is 80.5 cm³/mol. The predicted octanol–water partition coefficient (Wildman–Crippen LogP) is 2.27. The van der Waals surface area contributed by atoms with E-state index in [4.69, 9.17) is 0 Å². The number of carbonyl (C=O) groups excluding carboxylic acids is 1. The Morgan fingerprint density at radius 2 is 2.05 bits per heavy atom. The van der Waals surface area contributed by atoms with Crippen molar-refractivity contribution in [2.45, 2.75) is 33.1 Å². The van der Waals surface area contributed by atoms with E-state index in [0.717, 1.165) is 30.6 Å². The molecule has 0 aromatic heterocycles. The first-order chi connectivity index (χ1) is 9.43. The summed E-state index contributed by atoms with van der Waals surface area (Å²) in [7, 11) is -3.27. The van der Waals surface area contributed by atoms with Gasteiger partial charge in [0.1, 0.15) is 0 Å². The van der Waals surface area contributed by atoms with E-state index in [1.165, 1.54) is 0 Å². The number of nitrogens with one attached hydrogen (secondary N) is 1. The van der Waals surface area contributed by atoms with Crippen molar-refractivity contribution < 1.29 is 13.2 Å². The highest BCUT2D eigenvalue weighted by atomic mass is 32.2. The molecule has 1 fully saturated rings. The first-order valence-corrected chi connectivity index (χ1v) is 8.49. The summed E-state index contributed by atoms with van der Waals surface area (Å²) >= 11 is 0. The van der Waals surface area contributed by atoms with Crippen molar-refractivity contribution in [1.29, 1.82) is 0 Å². The minimum absolute atomic E-state index is 0.0401. The summed E-state index contributed by atoms with van der Waals surface area (Å²) in [5.41, 5.74) is 2.31. The van der Waals surface area contributed by atoms with E-state index >= 15 is 0 Å². The molecule has 1 aliphatic heterocycles. The molecule has 1 aromatic rings. The molecule has 2 rings (SSSR count). The van der Waals surface area contributed by atoms with Gasteiger partial charge in [0.25, 0.3) is 0 Å². The van der Waals surface area contributed by atoms with Crippen LogP contribution in [0, 0.1) is 6.92 Å². The molecule has 1 N–H and O–H groups in total. The molecule has 110 valence electrons. The van der Waals surface area contributed by atoms with Crippen LogP contribution >= 0.6 is 0 Å². The zero-order chi connectivity index (χ0) is 14.8. The van der Waals surface area contributed by atoms with Crippen LogP contribution in [0.3, 0.4) is 0 Å². The zero-order valence-corrected chi connectivity index (χ0v) is 12.7. The van der Waals surface area contributed by atoms with Crippen molar-refractivity contribution in [3.05, 3.63) is 23.8 Å². The number of hydrogen-bond acceptors (Lipinski definition) is 3. The molecule has 0 atom stereocenters. The van der Waals surface area contributed by atoms with Crippen LogP contribution < -0.4 is 9.62 Å². The highest BCUT2D eigenvalue weighted by Gasteiger charge is 2.21. The maximum Gasteiger partial charge on any atom is 0.232 e. The number of anilines is 2. The summed E-state index contributed by atoms with van der Waals surface area (Å²) in [5.74, 6) is 0.180. The molecule has 1 heterocycles. The summed E-state index contributed by atoms with van der Waals surface area (Å²) in [6, 6.07) is 5.29. The number of carbonyl (C=O) groups is 1. The van der Waals surface area contributed by atoms with Crippen LogP contribution in [0.25, 0.3) is 0 Å². The van der Waals surface area contributed by atoms with E-state index in [1.807, 2.05) is 13.0 Å². The van der Waals surface area contributed by atoms with Crippen molar-refractivity contribution in [2.75, 3.05) is 21.9 Å². The highest BCUT2D eigenvalue weighted by Crippen LogP contribution is 2.27. The van der Waals surface area contributed by atoms with E-state index in [1.54, 1.807) is 24.0 Å². The summed E-state index contributed by atoms with van der Waals surface area (Å²) in [6.45, 7) is 4.22. The Bertz CT molecular complexity index is 611. The van der Waals surface area contributed by atoms with E-state index in [0.29, 0.717) is 12.1 Å². The largest absolute Gasteiger partial charge is 0.312 e. The Hall–Kier alpha value is -1.56. The zero-order valence-electron chi connectivity index (χ0n) is 11.8. The monoisotopic (exact) mass is 296 g/mol. The van der Waals surface area contributed by atoms with Crippen LogP contribution in [0.15, 0.2) is 18.2 Å². The van der Waals surface area contributed by atoms with E-state index in [9.17, 15) is 13.2 Å². The SMILES string of the molecule is CCS(=O)(=O)Nc1ccc(N2CCCCC2=O)c(C)c1. The fourth-order valence-corrected chi connectivity index (χ4v) is 2.96. The Balaban J connectivity index is 2.24. The summed E-state index contributed by atoms with van der Waals surface area (Å²) in [6.07, 6.45) is 2.54. The lowest BCUT2D eigenvalue weighted by Crippen LogP contribution is -2.35. The molecule has 1 saturated heterocycles. The molecule has 5 nitrogen and oxygen atoms in total. The van der Waals surface area contributed by atoms with Gasteiger partial charge in [0.2, 0.25) is 15.9 Å². The highest BCUT2D eigenvalue weighted by molar-refractivity contribution is 7.92. The fraction of sp³-hybridized carbons (Fsp3) is 0.500. The second-order valence-electron chi connectivity index (χ2n) is 5.01. The molecule has 0 radical (unpaired) electrons. The van der Waals surface area contributed by atoms with Gasteiger partial charge in [0, 0.05) is 24.3 Å². The molecule has 6 heteroatoms. The lowest BCUT2D eigenvalue weighted by molar-refractivity contribution is -0.119. The number of nitrogens with zero attached hydrogens (tertiary/aromatic N) is 1. The van der Waals surface area contributed by atoms with Gasteiger partial charge in [0.15, 0.2) is 0 Å². The smallest absolute Gasteiger partial charge is 0.232 e. The number of piperidine rings is 1. The second kappa shape index (κ2) is 5.83. The minimum atomic E-state index is -3.27. The van der Waals surface area contributed by atoms with Crippen molar-refractivity contribution >= 4 is 27.3 Å². The molecule has 0 aliphatic carbocycles. The number of amides is 1. The molecular weight excluding hydrogens is 276 g/mol. The van der Waals surface area contributed by atoms with Gasteiger partial charge in [-0.25, -0.2) is 8.42 Å². The summed E-state index contributed by atoms with van der Waals surface area (Å²) < 4.78 is 25.6. The van der Waals surface area contributed by atoms with Gasteiger partial charge in [-0.2, -0.15) is 0 Å². The number of sulfonamides is 1. The molecule has 0 bridgehead atoms. The summed E-state index contributed by atoms with van der Waals surface area (Å²) in [4.78, 5) is 13.7. The standard InChI is InChI=1S/C14H20N2O3S/c1-3-20(18,19)15-12-7-8-13(11(2)10-12)16-9-5-4-6-14(16)17/h7-8,10,15H,3-6,9H2,1-2H3. The third kappa shape index (κ3) is 3.30. The first-order valence-electron chi connectivity index (χ1n) is 6.84. The molecule has 0 spiro atoms. The van der Waals surface area contributed by atoms with E-state index in [2.05, 4.69) is 4.72 Å². The molecule has 1 aliphatic rings. The summed E-state index contributed by atoms with van der Waals surface area (Å²) in [5, 5.41) is 0. The van der Waals surface area contributed by atoms with Crippen molar-refractivity contribution in [2.24, 2.45) is 0 Å². The van der Waals surface area contributed by atoms with Crippen molar-refractivity contribution in [3.63, 3.8) is 0 Å². The van der Waals surface area contributed by atoms with E-state index in [-0.39, 0.29) is 11.7 Å². The fourth-order valence-electron chi connectivity index (χ4n) is 2.33. The third-order valence-corrected chi connectivity index (χ3v) is 4.77. The maximum absolute atomic E-state index is 11.9. The molecule has 20 heavy (non-hydrogen) atoms. The molecule has 1 aromatic carbocycles. The van der Waals surface area contributed by atoms with Crippen LogP contribution in [-0.4, -0.2) is 26.6 Å². The molecular formula is C14H20N2O3S. The topological polar surface area (TPSA) is 66.5 Å². The molecule has 1 amide bonds. The van der Waals surface area contributed by atoms with Crippen LogP contribution in [0.1, 0.15) is 31.7 Å². The minimum Gasteiger partial charge on any atom is -0.312 e. The maximum atomic E-state index is 11.9. The average Bonchev–Trinajstić information content (AvgIpc) is 2.40. The van der Waals surface area contributed by atoms with Crippen LogP contribution in [0.2, 0.25) is 0 Å².